The van der Waals surface area contributed by atoms with Crippen LogP contribution in [0, 0.1) is 0 Å². The molecule has 0 aliphatic heterocycles. The maximum atomic E-state index is 3.39. The van der Waals surface area contributed by atoms with Crippen molar-refractivity contribution in [1.29, 1.82) is 0 Å². The summed E-state index contributed by atoms with van der Waals surface area (Å²) in [6, 6.07) is 10.5. The van der Waals surface area contributed by atoms with Gasteiger partial charge < -0.3 is 10.2 Å². The first-order valence-electron chi connectivity index (χ1n) is 4.68. The van der Waals surface area contributed by atoms with Gasteiger partial charge in [0, 0.05) is 19.6 Å². The Balaban J connectivity index is 0.00000169. The van der Waals surface area contributed by atoms with Gasteiger partial charge >= 0.3 is 0 Å². The third kappa shape index (κ3) is 5.97. The minimum atomic E-state index is 0. The lowest BCUT2D eigenvalue weighted by atomic mass is 10.2. The molecule has 2 nitrogen and oxygen atoms in total. The van der Waals surface area contributed by atoms with Crippen LogP contribution < -0.4 is 5.32 Å². The highest BCUT2D eigenvalue weighted by molar-refractivity contribution is 5.85. The van der Waals surface area contributed by atoms with E-state index < -0.39 is 0 Å². The molecule has 0 aromatic heterocycles. The van der Waals surface area contributed by atoms with Gasteiger partial charge in [-0.05, 0) is 19.7 Å². The fraction of sp³-hybridized carbons (Fsp3) is 0.455. The highest BCUT2D eigenvalue weighted by Gasteiger charge is 1.91. The van der Waals surface area contributed by atoms with Gasteiger partial charge in [-0.2, -0.15) is 0 Å². The molecule has 0 aliphatic carbocycles. The Bertz CT molecular complexity index is 224. The SMILES string of the molecule is CN(C)CCNCc1ccccc1.Cl. The van der Waals surface area contributed by atoms with Crippen molar-refractivity contribution in [2.75, 3.05) is 27.2 Å². The van der Waals surface area contributed by atoms with Crippen molar-refractivity contribution in [3.63, 3.8) is 0 Å². The maximum Gasteiger partial charge on any atom is 0.0206 e. The summed E-state index contributed by atoms with van der Waals surface area (Å²) in [5.41, 5.74) is 1.35. The van der Waals surface area contributed by atoms with Crippen LogP contribution in [0.4, 0.5) is 0 Å². The Morgan fingerprint density at radius 3 is 2.36 bits per heavy atom. The van der Waals surface area contributed by atoms with E-state index >= 15 is 0 Å². The largest absolute Gasteiger partial charge is 0.311 e. The number of nitrogens with one attached hydrogen (secondary N) is 1. The molecule has 0 radical (unpaired) electrons. The Morgan fingerprint density at radius 2 is 1.79 bits per heavy atom. The predicted octanol–water partition coefficient (Wildman–Crippen LogP) is 1.76. The number of rotatable bonds is 5. The molecule has 0 saturated carbocycles. The molecule has 1 aromatic carbocycles. The number of hydrogen-bond acceptors (Lipinski definition) is 2. The van der Waals surface area contributed by atoms with Gasteiger partial charge in [-0.25, -0.2) is 0 Å². The molecule has 0 unspecified atom stereocenters. The van der Waals surface area contributed by atoms with E-state index in [4.69, 9.17) is 0 Å². The zero-order valence-corrected chi connectivity index (χ0v) is 9.68. The minimum Gasteiger partial charge on any atom is -0.311 e. The van der Waals surface area contributed by atoms with Crippen molar-refractivity contribution in [1.82, 2.24) is 10.2 Å². The summed E-state index contributed by atoms with van der Waals surface area (Å²) < 4.78 is 0. The third-order valence-electron chi connectivity index (χ3n) is 1.91. The zero-order chi connectivity index (χ0) is 9.52. The van der Waals surface area contributed by atoms with E-state index in [0.29, 0.717) is 0 Å². The molecule has 3 heteroatoms. The molecular formula is C11H19ClN2. The highest BCUT2D eigenvalue weighted by atomic mass is 35.5. The van der Waals surface area contributed by atoms with Gasteiger partial charge in [0.1, 0.15) is 0 Å². The Labute approximate surface area is 92.7 Å². The van der Waals surface area contributed by atoms with Gasteiger partial charge in [-0.3, -0.25) is 0 Å². The second kappa shape index (κ2) is 7.80. The third-order valence-corrected chi connectivity index (χ3v) is 1.91. The topological polar surface area (TPSA) is 15.3 Å². The van der Waals surface area contributed by atoms with Crippen molar-refractivity contribution >= 4 is 12.4 Å². The smallest absolute Gasteiger partial charge is 0.0206 e. The molecule has 0 heterocycles. The summed E-state index contributed by atoms with van der Waals surface area (Å²) in [5, 5.41) is 3.39. The van der Waals surface area contributed by atoms with Crippen LogP contribution in [0.2, 0.25) is 0 Å². The fourth-order valence-electron chi connectivity index (χ4n) is 1.13. The molecule has 0 spiro atoms. The van der Waals surface area contributed by atoms with Crippen LogP contribution in [0.15, 0.2) is 30.3 Å². The van der Waals surface area contributed by atoms with Gasteiger partial charge in [0.15, 0.2) is 0 Å². The second-order valence-corrected chi connectivity index (χ2v) is 3.47. The second-order valence-electron chi connectivity index (χ2n) is 3.47. The molecular weight excluding hydrogens is 196 g/mol. The van der Waals surface area contributed by atoms with E-state index in [0.717, 1.165) is 19.6 Å². The van der Waals surface area contributed by atoms with E-state index in [1.54, 1.807) is 0 Å². The van der Waals surface area contributed by atoms with Crippen molar-refractivity contribution < 1.29 is 0 Å². The van der Waals surface area contributed by atoms with Crippen LogP contribution in [0.25, 0.3) is 0 Å². The van der Waals surface area contributed by atoms with Crippen LogP contribution in [0.1, 0.15) is 5.56 Å². The van der Waals surface area contributed by atoms with Crippen molar-refractivity contribution in [2.24, 2.45) is 0 Å². The van der Waals surface area contributed by atoms with Crippen LogP contribution in [0.3, 0.4) is 0 Å². The van der Waals surface area contributed by atoms with Crippen molar-refractivity contribution in [3.05, 3.63) is 35.9 Å². The zero-order valence-electron chi connectivity index (χ0n) is 8.86. The molecule has 0 atom stereocenters. The number of halogens is 1. The summed E-state index contributed by atoms with van der Waals surface area (Å²) >= 11 is 0. The molecule has 0 saturated heterocycles. The first-order valence-corrected chi connectivity index (χ1v) is 4.68. The average molecular weight is 215 g/mol. The van der Waals surface area contributed by atoms with Crippen molar-refractivity contribution in [2.45, 2.75) is 6.54 Å². The summed E-state index contributed by atoms with van der Waals surface area (Å²) in [4.78, 5) is 2.18. The van der Waals surface area contributed by atoms with Gasteiger partial charge in [0.05, 0.1) is 0 Å². The number of likely N-dealkylation sites (N-methyl/N-ethyl adjacent to an activating group) is 1. The first-order chi connectivity index (χ1) is 6.29. The quantitative estimate of drug-likeness (QED) is 0.752. The van der Waals surface area contributed by atoms with Gasteiger partial charge in [0.25, 0.3) is 0 Å². The van der Waals surface area contributed by atoms with Gasteiger partial charge in [-0.15, -0.1) is 12.4 Å². The number of nitrogens with zero attached hydrogens (tertiary/aromatic N) is 1. The van der Waals surface area contributed by atoms with Crippen LogP contribution in [-0.4, -0.2) is 32.1 Å². The summed E-state index contributed by atoms with van der Waals surface area (Å²) in [6.45, 7) is 3.10. The lowest BCUT2D eigenvalue weighted by Crippen LogP contribution is -2.26. The molecule has 1 aromatic rings. The van der Waals surface area contributed by atoms with Gasteiger partial charge in [0.2, 0.25) is 0 Å². The molecule has 0 amide bonds. The number of hydrogen-bond donors (Lipinski definition) is 1. The minimum absolute atomic E-state index is 0. The maximum absolute atomic E-state index is 3.39. The van der Waals surface area contributed by atoms with Crippen LogP contribution in [-0.2, 0) is 6.54 Å². The monoisotopic (exact) mass is 214 g/mol. The summed E-state index contributed by atoms with van der Waals surface area (Å²) in [5.74, 6) is 0. The normalized spacial score (nSPS) is 9.93. The van der Waals surface area contributed by atoms with Crippen LogP contribution in [0.5, 0.6) is 0 Å². The average Bonchev–Trinajstić information content (AvgIpc) is 2.14. The van der Waals surface area contributed by atoms with Gasteiger partial charge in [-0.1, -0.05) is 30.3 Å². The highest BCUT2D eigenvalue weighted by Crippen LogP contribution is 1.96. The van der Waals surface area contributed by atoms with E-state index in [1.165, 1.54) is 5.56 Å². The Morgan fingerprint density at radius 1 is 1.14 bits per heavy atom. The standard InChI is InChI=1S/C11H18N2.ClH/c1-13(2)9-8-12-10-11-6-4-3-5-7-11;/h3-7,12H,8-10H2,1-2H3;1H. The molecule has 14 heavy (non-hydrogen) atoms. The predicted molar refractivity (Wildman–Crippen MR) is 64.0 cm³/mol. The lowest BCUT2D eigenvalue weighted by Gasteiger charge is -2.10. The van der Waals surface area contributed by atoms with Crippen LogP contribution >= 0.6 is 12.4 Å². The molecule has 80 valence electrons. The van der Waals surface area contributed by atoms with E-state index in [-0.39, 0.29) is 12.4 Å². The van der Waals surface area contributed by atoms with E-state index in [2.05, 4.69) is 48.6 Å². The lowest BCUT2D eigenvalue weighted by molar-refractivity contribution is 0.400. The van der Waals surface area contributed by atoms with Crippen molar-refractivity contribution in [3.8, 4) is 0 Å². The molecule has 1 N–H and O–H groups in total. The molecule has 0 fully saturated rings. The fourth-order valence-corrected chi connectivity index (χ4v) is 1.13. The molecule has 0 bridgehead atoms. The number of benzene rings is 1. The molecule has 0 aliphatic rings. The van der Waals surface area contributed by atoms with E-state index in [1.807, 2.05) is 6.07 Å². The van der Waals surface area contributed by atoms with E-state index in [9.17, 15) is 0 Å². The molecule has 1 rings (SSSR count). The Kier molecular flexibility index (Phi) is 7.48. The summed E-state index contributed by atoms with van der Waals surface area (Å²) in [7, 11) is 4.17. The Hall–Kier alpha value is -0.570. The first kappa shape index (κ1) is 13.4. The summed E-state index contributed by atoms with van der Waals surface area (Å²) in [6.07, 6.45) is 0.